The van der Waals surface area contributed by atoms with Crippen molar-refractivity contribution in [3.63, 3.8) is 0 Å². The van der Waals surface area contributed by atoms with Crippen LogP contribution in [0.15, 0.2) is 24.5 Å². The molecule has 2 aliphatic rings. The number of ether oxygens (including phenoxy) is 1. The molecule has 2 saturated heterocycles. The molecular formula is C19H29N3O2. The molecule has 5 heteroatoms. The zero-order valence-electron chi connectivity index (χ0n) is 14.5. The van der Waals surface area contributed by atoms with Gasteiger partial charge in [0.15, 0.2) is 0 Å². The minimum atomic E-state index is -0.362. The molecule has 0 unspecified atom stereocenters. The fourth-order valence-corrected chi connectivity index (χ4v) is 4.23. The van der Waals surface area contributed by atoms with E-state index in [0.717, 1.165) is 71.2 Å². The number of carbonyl (C=O) groups excluding carboxylic acids is 1. The van der Waals surface area contributed by atoms with Crippen LogP contribution in [0.2, 0.25) is 0 Å². The predicted molar refractivity (Wildman–Crippen MR) is 93.5 cm³/mol. The van der Waals surface area contributed by atoms with E-state index >= 15 is 0 Å². The van der Waals surface area contributed by atoms with Crippen LogP contribution in [0.4, 0.5) is 0 Å². The second-order valence-corrected chi connectivity index (χ2v) is 7.28. The number of aromatic nitrogens is 1. The zero-order valence-corrected chi connectivity index (χ0v) is 14.5. The van der Waals surface area contributed by atoms with Gasteiger partial charge in [0.25, 0.3) is 0 Å². The van der Waals surface area contributed by atoms with E-state index in [0.29, 0.717) is 6.04 Å². The predicted octanol–water partition coefficient (Wildman–Crippen LogP) is 2.15. The minimum Gasteiger partial charge on any atom is -0.381 e. The number of hydrogen-bond acceptors (Lipinski definition) is 4. The van der Waals surface area contributed by atoms with Crippen molar-refractivity contribution < 1.29 is 9.53 Å². The van der Waals surface area contributed by atoms with Crippen LogP contribution in [0.3, 0.4) is 0 Å². The lowest BCUT2D eigenvalue weighted by Gasteiger charge is -2.45. The van der Waals surface area contributed by atoms with Crippen molar-refractivity contribution in [1.29, 1.82) is 0 Å². The van der Waals surface area contributed by atoms with Crippen LogP contribution in [0, 0.1) is 5.41 Å². The van der Waals surface area contributed by atoms with Crippen molar-refractivity contribution in [2.75, 3.05) is 26.3 Å². The van der Waals surface area contributed by atoms with Crippen LogP contribution in [0.25, 0.3) is 0 Å². The number of rotatable bonds is 6. The molecule has 132 valence electrons. The van der Waals surface area contributed by atoms with E-state index in [9.17, 15) is 4.79 Å². The average molecular weight is 331 g/mol. The minimum absolute atomic E-state index is 0.120. The van der Waals surface area contributed by atoms with Gasteiger partial charge in [0.2, 0.25) is 5.91 Å². The number of hydrogen-bond donors (Lipinski definition) is 1. The SMILES string of the molecule is NC(=O)[C@@]1(CCCc2cccnc2)CCCN(C2CCOCC2)C1. The summed E-state index contributed by atoms with van der Waals surface area (Å²) in [5.74, 6) is -0.120. The maximum Gasteiger partial charge on any atom is 0.224 e. The summed E-state index contributed by atoms with van der Waals surface area (Å²) in [5, 5.41) is 0. The molecule has 3 heterocycles. The number of amides is 1. The summed E-state index contributed by atoms with van der Waals surface area (Å²) in [6.45, 7) is 3.58. The number of nitrogens with two attached hydrogens (primary N) is 1. The van der Waals surface area contributed by atoms with E-state index in [2.05, 4.69) is 16.0 Å². The first-order valence-corrected chi connectivity index (χ1v) is 9.20. The Balaban J connectivity index is 1.60. The molecule has 0 spiro atoms. The molecular weight excluding hydrogens is 302 g/mol. The molecule has 2 fully saturated rings. The molecule has 0 radical (unpaired) electrons. The van der Waals surface area contributed by atoms with Gasteiger partial charge in [-0.1, -0.05) is 6.07 Å². The monoisotopic (exact) mass is 331 g/mol. The van der Waals surface area contributed by atoms with Crippen LogP contribution < -0.4 is 5.73 Å². The van der Waals surface area contributed by atoms with Crippen LogP contribution in [0.1, 0.15) is 44.1 Å². The number of piperidine rings is 1. The van der Waals surface area contributed by atoms with Gasteiger partial charge in [-0.2, -0.15) is 0 Å². The highest BCUT2D eigenvalue weighted by molar-refractivity contribution is 5.81. The van der Waals surface area contributed by atoms with Crippen molar-refractivity contribution in [2.45, 2.75) is 51.0 Å². The van der Waals surface area contributed by atoms with Crippen molar-refractivity contribution in [3.8, 4) is 0 Å². The Hall–Kier alpha value is -1.46. The standard InChI is InChI=1S/C19H29N3O2/c20-18(23)19(8-1-4-16-5-2-10-21-14-16)9-3-11-22(15-19)17-6-12-24-13-7-17/h2,5,10,14,17H,1,3-4,6-9,11-13,15H2,(H2,20,23)/t19-/m0/s1. The summed E-state index contributed by atoms with van der Waals surface area (Å²) < 4.78 is 5.48. The highest BCUT2D eigenvalue weighted by Gasteiger charge is 2.41. The Morgan fingerprint density at radius 2 is 2.25 bits per heavy atom. The number of carbonyl (C=O) groups is 1. The number of pyridine rings is 1. The summed E-state index contributed by atoms with van der Waals surface area (Å²) in [5.41, 5.74) is 6.74. The summed E-state index contributed by atoms with van der Waals surface area (Å²) in [6, 6.07) is 4.61. The maximum absolute atomic E-state index is 12.3. The molecule has 1 amide bonds. The first kappa shape index (κ1) is 17.4. The van der Waals surface area contributed by atoms with E-state index < -0.39 is 0 Å². The largest absolute Gasteiger partial charge is 0.381 e. The third kappa shape index (κ3) is 4.14. The van der Waals surface area contributed by atoms with Crippen molar-refractivity contribution in [3.05, 3.63) is 30.1 Å². The normalized spacial score (nSPS) is 26.3. The maximum atomic E-state index is 12.3. The zero-order chi connectivity index (χ0) is 16.8. The summed E-state index contributed by atoms with van der Waals surface area (Å²) in [7, 11) is 0. The molecule has 24 heavy (non-hydrogen) atoms. The fourth-order valence-electron chi connectivity index (χ4n) is 4.23. The second kappa shape index (κ2) is 8.08. The van der Waals surface area contributed by atoms with Gasteiger partial charge in [0.1, 0.15) is 0 Å². The van der Waals surface area contributed by atoms with Gasteiger partial charge in [-0.15, -0.1) is 0 Å². The Morgan fingerprint density at radius 1 is 1.42 bits per heavy atom. The highest BCUT2D eigenvalue weighted by atomic mass is 16.5. The molecule has 3 rings (SSSR count). The quantitative estimate of drug-likeness (QED) is 0.867. The van der Waals surface area contributed by atoms with Crippen molar-refractivity contribution in [1.82, 2.24) is 9.88 Å². The number of primary amides is 1. The summed E-state index contributed by atoms with van der Waals surface area (Å²) >= 11 is 0. The van der Waals surface area contributed by atoms with E-state index in [4.69, 9.17) is 10.5 Å². The number of nitrogens with zero attached hydrogens (tertiary/aromatic N) is 2. The van der Waals surface area contributed by atoms with Gasteiger partial charge in [-0.25, -0.2) is 0 Å². The van der Waals surface area contributed by atoms with Gasteiger partial charge < -0.3 is 10.5 Å². The Labute approximate surface area is 144 Å². The van der Waals surface area contributed by atoms with Crippen molar-refractivity contribution >= 4 is 5.91 Å². The molecule has 0 bridgehead atoms. The lowest BCUT2D eigenvalue weighted by molar-refractivity contribution is -0.133. The molecule has 1 atom stereocenters. The number of likely N-dealkylation sites (tertiary alicyclic amines) is 1. The third-order valence-corrected chi connectivity index (χ3v) is 5.68. The Bertz CT molecular complexity index is 531. The van der Waals surface area contributed by atoms with E-state index in [1.165, 1.54) is 5.56 Å². The van der Waals surface area contributed by atoms with E-state index in [-0.39, 0.29) is 11.3 Å². The molecule has 2 N–H and O–H groups in total. The molecule has 0 aromatic carbocycles. The molecule has 0 aliphatic carbocycles. The lowest BCUT2D eigenvalue weighted by atomic mass is 9.74. The smallest absolute Gasteiger partial charge is 0.224 e. The molecule has 1 aromatic rings. The van der Waals surface area contributed by atoms with Gasteiger partial charge in [-0.3, -0.25) is 14.7 Å². The summed E-state index contributed by atoms with van der Waals surface area (Å²) in [4.78, 5) is 19.0. The molecule has 0 saturated carbocycles. The molecule has 2 aliphatic heterocycles. The Kier molecular flexibility index (Phi) is 5.85. The Morgan fingerprint density at radius 3 is 2.96 bits per heavy atom. The number of aryl methyl sites for hydroxylation is 1. The average Bonchev–Trinajstić information content (AvgIpc) is 2.63. The van der Waals surface area contributed by atoms with Crippen LogP contribution in [-0.4, -0.2) is 48.1 Å². The fraction of sp³-hybridized carbons (Fsp3) is 0.684. The van der Waals surface area contributed by atoms with E-state index in [1.807, 2.05) is 12.3 Å². The van der Waals surface area contributed by atoms with E-state index in [1.54, 1.807) is 6.20 Å². The lowest BCUT2D eigenvalue weighted by Crippen LogP contribution is -2.54. The van der Waals surface area contributed by atoms with Gasteiger partial charge in [0.05, 0.1) is 5.41 Å². The first-order chi connectivity index (χ1) is 11.7. The topological polar surface area (TPSA) is 68.5 Å². The second-order valence-electron chi connectivity index (χ2n) is 7.28. The van der Waals surface area contributed by atoms with Gasteiger partial charge in [0, 0.05) is 38.2 Å². The van der Waals surface area contributed by atoms with Crippen molar-refractivity contribution in [2.24, 2.45) is 11.1 Å². The third-order valence-electron chi connectivity index (χ3n) is 5.68. The van der Waals surface area contributed by atoms with Crippen LogP contribution in [0.5, 0.6) is 0 Å². The molecule has 1 aromatic heterocycles. The highest BCUT2D eigenvalue weighted by Crippen LogP contribution is 2.36. The summed E-state index contributed by atoms with van der Waals surface area (Å²) in [6.07, 6.45) is 10.7. The van der Waals surface area contributed by atoms with Gasteiger partial charge in [-0.05, 0) is 63.1 Å². The first-order valence-electron chi connectivity index (χ1n) is 9.20. The molecule has 5 nitrogen and oxygen atoms in total. The van der Waals surface area contributed by atoms with Gasteiger partial charge >= 0.3 is 0 Å². The van der Waals surface area contributed by atoms with Crippen LogP contribution >= 0.6 is 0 Å². The van der Waals surface area contributed by atoms with Crippen LogP contribution in [-0.2, 0) is 16.0 Å².